The van der Waals surface area contributed by atoms with Gasteiger partial charge in [0.15, 0.2) is 5.96 Å². The van der Waals surface area contributed by atoms with Crippen LogP contribution in [0.1, 0.15) is 31.1 Å². The third-order valence-corrected chi connectivity index (χ3v) is 5.32. The number of furan rings is 1. The van der Waals surface area contributed by atoms with Crippen LogP contribution in [-0.4, -0.2) is 63.9 Å². The average Bonchev–Trinajstić information content (AvgIpc) is 3.48. The number of hydrogen-bond acceptors (Lipinski definition) is 6. The quantitative estimate of drug-likeness (QED) is 0.174. The van der Waals surface area contributed by atoms with Gasteiger partial charge in [0.25, 0.3) is 0 Å². The van der Waals surface area contributed by atoms with Gasteiger partial charge in [0.05, 0.1) is 20.5 Å². The zero-order chi connectivity index (χ0) is 22.6. The molecule has 0 bridgehead atoms. The molecule has 1 atom stereocenters. The van der Waals surface area contributed by atoms with Crippen molar-refractivity contribution < 1.29 is 18.6 Å². The lowest BCUT2D eigenvalue weighted by Gasteiger charge is -2.19. The molecular formula is C24H37IN4O4. The number of guanidine groups is 1. The summed E-state index contributed by atoms with van der Waals surface area (Å²) in [6.45, 7) is 7.67. The van der Waals surface area contributed by atoms with Gasteiger partial charge in [-0.25, -0.2) is 0 Å². The molecule has 0 spiro atoms. The Kier molecular flexibility index (Phi) is 12.4. The molecule has 2 N–H and O–H groups in total. The normalized spacial score (nSPS) is 16.3. The highest BCUT2D eigenvalue weighted by Crippen LogP contribution is 2.24. The number of nitrogens with zero attached hydrogens (tertiary/aromatic N) is 2. The van der Waals surface area contributed by atoms with Gasteiger partial charge in [-0.3, -0.25) is 9.89 Å². The highest BCUT2D eigenvalue weighted by Gasteiger charge is 2.23. The monoisotopic (exact) mass is 572 g/mol. The van der Waals surface area contributed by atoms with Crippen molar-refractivity contribution in [2.24, 2.45) is 4.99 Å². The van der Waals surface area contributed by atoms with E-state index < -0.39 is 0 Å². The van der Waals surface area contributed by atoms with Crippen LogP contribution in [0.4, 0.5) is 0 Å². The van der Waals surface area contributed by atoms with Crippen LogP contribution in [0.3, 0.4) is 0 Å². The van der Waals surface area contributed by atoms with E-state index in [0.29, 0.717) is 25.8 Å². The minimum atomic E-state index is 0. The van der Waals surface area contributed by atoms with E-state index in [2.05, 4.69) is 34.6 Å². The molecule has 9 heteroatoms. The number of aliphatic imine (C=N–C) groups is 1. The smallest absolute Gasteiger partial charge is 0.191 e. The first-order chi connectivity index (χ1) is 15.7. The van der Waals surface area contributed by atoms with Crippen LogP contribution in [-0.2, 0) is 17.9 Å². The van der Waals surface area contributed by atoms with Crippen molar-refractivity contribution in [1.82, 2.24) is 15.5 Å². The number of methoxy groups -OCH3 is 2. The SMILES string of the molecule is CCNC(=NCCCOCc1ccco1)NC1CCN(Cc2cc(OC)cc(OC)c2)C1.I. The average molecular weight is 572 g/mol. The maximum Gasteiger partial charge on any atom is 0.191 e. The summed E-state index contributed by atoms with van der Waals surface area (Å²) in [5.41, 5.74) is 1.19. The zero-order valence-electron chi connectivity index (χ0n) is 19.8. The largest absolute Gasteiger partial charge is 0.497 e. The van der Waals surface area contributed by atoms with Gasteiger partial charge in [0.2, 0.25) is 0 Å². The molecule has 2 aromatic rings. The van der Waals surface area contributed by atoms with Crippen molar-refractivity contribution in [3.63, 3.8) is 0 Å². The Morgan fingerprint density at radius 3 is 2.67 bits per heavy atom. The summed E-state index contributed by atoms with van der Waals surface area (Å²) in [7, 11) is 3.36. The number of ether oxygens (including phenoxy) is 3. The Morgan fingerprint density at radius 1 is 1.21 bits per heavy atom. The van der Waals surface area contributed by atoms with Crippen molar-refractivity contribution in [3.8, 4) is 11.5 Å². The van der Waals surface area contributed by atoms with Gasteiger partial charge in [0, 0.05) is 51.4 Å². The molecule has 0 amide bonds. The molecule has 33 heavy (non-hydrogen) atoms. The molecule has 184 valence electrons. The lowest BCUT2D eigenvalue weighted by molar-refractivity contribution is 0.105. The predicted octanol–water partition coefficient (Wildman–Crippen LogP) is 3.65. The van der Waals surface area contributed by atoms with Crippen molar-refractivity contribution >= 4 is 29.9 Å². The first-order valence-electron chi connectivity index (χ1n) is 11.3. The fourth-order valence-electron chi connectivity index (χ4n) is 3.75. The van der Waals surface area contributed by atoms with Crippen LogP contribution in [0, 0.1) is 0 Å². The second-order valence-electron chi connectivity index (χ2n) is 7.83. The minimum Gasteiger partial charge on any atom is -0.497 e. The number of benzene rings is 1. The van der Waals surface area contributed by atoms with Crippen molar-refractivity contribution in [1.29, 1.82) is 0 Å². The van der Waals surface area contributed by atoms with Crippen LogP contribution >= 0.6 is 24.0 Å². The number of rotatable bonds is 12. The zero-order valence-corrected chi connectivity index (χ0v) is 22.2. The molecule has 0 saturated carbocycles. The third kappa shape index (κ3) is 9.42. The molecule has 0 radical (unpaired) electrons. The highest BCUT2D eigenvalue weighted by atomic mass is 127. The molecule has 2 heterocycles. The van der Waals surface area contributed by atoms with E-state index in [1.165, 1.54) is 5.56 Å². The Labute approximate surface area is 214 Å². The molecule has 1 aliphatic rings. The predicted molar refractivity (Wildman–Crippen MR) is 141 cm³/mol. The van der Waals surface area contributed by atoms with E-state index in [0.717, 1.165) is 62.2 Å². The maximum absolute atomic E-state index is 5.63. The van der Waals surface area contributed by atoms with E-state index >= 15 is 0 Å². The molecule has 1 unspecified atom stereocenters. The topological polar surface area (TPSA) is 80.5 Å². The number of nitrogens with one attached hydrogen (secondary N) is 2. The van der Waals surface area contributed by atoms with Gasteiger partial charge in [-0.05, 0) is 49.6 Å². The highest BCUT2D eigenvalue weighted by molar-refractivity contribution is 14.0. The summed E-state index contributed by atoms with van der Waals surface area (Å²) in [4.78, 5) is 7.15. The Hall–Kier alpha value is -1.98. The first-order valence-corrected chi connectivity index (χ1v) is 11.3. The Morgan fingerprint density at radius 2 is 2.00 bits per heavy atom. The molecule has 1 aliphatic heterocycles. The maximum atomic E-state index is 5.63. The Bertz CT molecular complexity index is 810. The number of likely N-dealkylation sites (tertiary alicyclic amines) is 1. The summed E-state index contributed by atoms with van der Waals surface area (Å²) in [5, 5.41) is 6.93. The second kappa shape index (κ2) is 15.0. The summed E-state index contributed by atoms with van der Waals surface area (Å²) >= 11 is 0. The van der Waals surface area contributed by atoms with E-state index in [1.807, 2.05) is 18.2 Å². The van der Waals surface area contributed by atoms with Gasteiger partial charge in [-0.15, -0.1) is 24.0 Å². The number of halogens is 1. The lowest BCUT2D eigenvalue weighted by Crippen LogP contribution is -2.44. The van der Waals surface area contributed by atoms with E-state index in [1.54, 1.807) is 20.5 Å². The van der Waals surface area contributed by atoms with E-state index in [9.17, 15) is 0 Å². The van der Waals surface area contributed by atoms with Crippen LogP contribution in [0.2, 0.25) is 0 Å². The fourth-order valence-corrected chi connectivity index (χ4v) is 3.75. The molecule has 8 nitrogen and oxygen atoms in total. The van der Waals surface area contributed by atoms with Crippen LogP contribution < -0.4 is 20.1 Å². The summed E-state index contributed by atoms with van der Waals surface area (Å²) < 4.78 is 21.7. The molecular weight excluding hydrogens is 535 g/mol. The van der Waals surface area contributed by atoms with Gasteiger partial charge in [-0.1, -0.05) is 0 Å². The Balaban J connectivity index is 0.00000385. The molecule has 3 rings (SSSR count). The molecule has 1 saturated heterocycles. The van der Waals surface area contributed by atoms with Crippen molar-refractivity contribution in [2.45, 2.75) is 39.0 Å². The molecule has 1 aromatic carbocycles. The summed E-state index contributed by atoms with van der Waals surface area (Å²) in [6, 6.07) is 10.2. The van der Waals surface area contributed by atoms with Gasteiger partial charge in [0.1, 0.15) is 23.9 Å². The van der Waals surface area contributed by atoms with Crippen molar-refractivity contribution in [3.05, 3.63) is 47.9 Å². The third-order valence-electron chi connectivity index (χ3n) is 5.32. The molecule has 0 aliphatic carbocycles. The summed E-state index contributed by atoms with van der Waals surface area (Å²) in [5.74, 6) is 3.36. The van der Waals surface area contributed by atoms with E-state index in [-0.39, 0.29) is 24.0 Å². The lowest BCUT2D eigenvalue weighted by atomic mass is 10.2. The first kappa shape index (κ1) is 27.3. The standard InChI is InChI=1S/C24H36N4O4.HI/c1-4-25-24(26-9-6-11-31-18-21-7-5-12-32-21)27-20-8-10-28(17-20)16-19-13-22(29-2)15-23(14-19)30-3;/h5,7,12-15,20H,4,6,8-11,16-18H2,1-3H3,(H2,25,26,27);1H. The van der Waals surface area contributed by atoms with Gasteiger partial charge >= 0.3 is 0 Å². The van der Waals surface area contributed by atoms with Gasteiger partial charge < -0.3 is 29.3 Å². The fraction of sp³-hybridized carbons (Fsp3) is 0.542. The van der Waals surface area contributed by atoms with Crippen molar-refractivity contribution in [2.75, 3.05) is 47.0 Å². The van der Waals surface area contributed by atoms with Gasteiger partial charge in [-0.2, -0.15) is 0 Å². The van der Waals surface area contributed by atoms with Crippen LogP contribution in [0.25, 0.3) is 0 Å². The minimum absolute atomic E-state index is 0. The number of hydrogen-bond donors (Lipinski definition) is 2. The van der Waals surface area contributed by atoms with Crippen LogP contribution in [0.5, 0.6) is 11.5 Å². The second-order valence-corrected chi connectivity index (χ2v) is 7.83. The molecule has 1 aromatic heterocycles. The summed E-state index contributed by atoms with van der Waals surface area (Å²) in [6.07, 6.45) is 3.61. The van der Waals surface area contributed by atoms with E-state index in [4.69, 9.17) is 23.6 Å². The van der Waals surface area contributed by atoms with Crippen LogP contribution in [0.15, 0.2) is 46.0 Å². The molecule has 1 fully saturated rings.